The van der Waals surface area contributed by atoms with Crippen LogP contribution in [0.5, 0.6) is 0 Å². The number of hydrogen-bond acceptors (Lipinski definition) is 4. The first-order valence-corrected chi connectivity index (χ1v) is 5.17. The van der Waals surface area contributed by atoms with Crippen LogP contribution in [0.1, 0.15) is 16.1 Å². The lowest BCUT2D eigenvalue weighted by molar-refractivity contribution is 0.103. The second-order valence-corrected chi connectivity index (χ2v) is 3.79. The van der Waals surface area contributed by atoms with Crippen LogP contribution in [0.3, 0.4) is 0 Å². The molecule has 0 saturated heterocycles. The molecule has 2 aromatic rings. The van der Waals surface area contributed by atoms with Gasteiger partial charge in [0, 0.05) is 10.4 Å². The third kappa shape index (κ3) is 2.03. The molecule has 0 atom stereocenters. The number of nitrogens with zero attached hydrogens (tertiary/aromatic N) is 2. The van der Waals surface area contributed by atoms with Gasteiger partial charge in [-0.05, 0) is 29.7 Å². The van der Waals surface area contributed by atoms with Gasteiger partial charge in [0.05, 0.1) is 5.56 Å². The van der Waals surface area contributed by atoms with Crippen molar-refractivity contribution in [1.82, 2.24) is 9.59 Å². The summed E-state index contributed by atoms with van der Waals surface area (Å²) >= 11 is 6.61. The molecule has 1 aromatic carbocycles. The van der Waals surface area contributed by atoms with E-state index in [0.717, 1.165) is 17.6 Å². The molecule has 0 aliphatic rings. The van der Waals surface area contributed by atoms with Crippen LogP contribution in [0.15, 0.2) is 23.6 Å². The third-order valence-corrected chi connectivity index (χ3v) is 2.51. The Labute approximate surface area is 93.7 Å². The first kappa shape index (κ1) is 10.2. The highest BCUT2D eigenvalue weighted by atomic mass is 35.5. The summed E-state index contributed by atoms with van der Waals surface area (Å²) in [7, 11) is 0. The fraction of sp³-hybridized carbons (Fsp3) is 0. The number of carbonyl (C=O) groups is 1. The van der Waals surface area contributed by atoms with Gasteiger partial charge in [0.15, 0.2) is 0 Å². The summed E-state index contributed by atoms with van der Waals surface area (Å²) in [5, 5.41) is 5.29. The summed E-state index contributed by atoms with van der Waals surface area (Å²) in [6.45, 7) is 0. The van der Waals surface area contributed by atoms with Crippen molar-refractivity contribution in [1.29, 1.82) is 0 Å². The average Bonchev–Trinajstić information content (AvgIpc) is 2.69. The lowest BCUT2D eigenvalue weighted by atomic mass is 10.1. The quantitative estimate of drug-likeness (QED) is 0.760. The summed E-state index contributed by atoms with van der Waals surface area (Å²) in [5.74, 6) is -1.14. The van der Waals surface area contributed by atoms with Crippen LogP contribution in [-0.4, -0.2) is 15.4 Å². The van der Waals surface area contributed by atoms with Crippen LogP contribution in [0.25, 0.3) is 0 Å². The minimum atomic E-state index is -0.652. The Morgan fingerprint density at radius 3 is 2.87 bits per heavy atom. The van der Waals surface area contributed by atoms with Crippen LogP contribution in [-0.2, 0) is 0 Å². The number of halogens is 2. The van der Waals surface area contributed by atoms with Crippen LogP contribution < -0.4 is 0 Å². The molecule has 0 spiro atoms. The Bertz CT molecular complexity index is 501. The lowest BCUT2D eigenvalue weighted by Crippen LogP contribution is -2.04. The van der Waals surface area contributed by atoms with Crippen molar-refractivity contribution in [3.63, 3.8) is 0 Å². The number of rotatable bonds is 2. The summed E-state index contributed by atoms with van der Waals surface area (Å²) in [5.41, 5.74) is 0.0910. The van der Waals surface area contributed by atoms with Gasteiger partial charge in [-0.25, -0.2) is 4.39 Å². The van der Waals surface area contributed by atoms with Crippen molar-refractivity contribution in [2.75, 3.05) is 0 Å². The molecule has 0 fully saturated rings. The monoisotopic (exact) mass is 242 g/mol. The maximum atomic E-state index is 13.3. The van der Waals surface area contributed by atoms with Gasteiger partial charge in [0.1, 0.15) is 11.5 Å². The van der Waals surface area contributed by atoms with Gasteiger partial charge >= 0.3 is 0 Å². The number of hydrogen-bond donors (Lipinski definition) is 0. The highest BCUT2D eigenvalue weighted by molar-refractivity contribution is 7.03. The molecule has 15 heavy (non-hydrogen) atoms. The summed E-state index contributed by atoms with van der Waals surface area (Å²) in [6.07, 6.45) is 0. The van der Waals surface area contributed by atoms with E-state index in [-0.39, 0.29) is 16.3 Å². The molecule has 0 amide bonds. The molecule has 1 aromatic heterocycles. The van der Waals surface area contributed by atoms with E-state index in [0.29, 0.717) is 0 Å². The standard InChI is InChI=1S/C9H4ClFN2OS/c10-5-1-2-6(7(11)3-5)9(14)8-4-15-13-12-8/h1-4H. The molecule has 0 N–H and O–H groups in total. The topological polar surface area (TPSA) is 42.9 Å². The zero-order valence-corrected chi connectivity index (χ0v) is 8.85. The molecule has 0 aliphatic carbocycles. The highest BCUT2D eigenvalue weighted by Gasteiger charge is 2.16. The molecule has 0 bridgehead atoms. The van der Waals surface area contributed by atoms with E-state index in [2.05, 4.69) is 9.59 Å². The molecule has 0 aliphatic heterocycles. The Kier molecular flexibility index (Phi) is 2.75. The van der Waals surface area contributed by atoms with Gasteiger partial charge in [0.25, 0.3) is 0 Å². The smallest absolute Gasteiger partial charge is 0.217 e. The number of benzene rings is 1. The first-order chi connectivity index (χ1) is 7.18. The van der Waals surface area contributed by atoms with E-state index in [1.807, 2.05) is 0 Å². The minimum Gasteiger partial charge on any atom is -0.287 e. The van der Waals surface area contributed by atoms with E-state index in [1.54, 1.807) is 0 Å². The van der Waals surface area contributed by atoms with Gasteiger partial charge in [0.2, 0.25) is 5.78 Å². The first-order valence-electron chi connectivity index (χ1n) is 3.95. The molecule has 0 unspecified atom stereocenters. The zero-order chi connectivity index (χ0) is 10.8. The largest absolute Gasteiger partial charge is 0.287 e. The average molecular weight is 243 g/mol. The molecule has 3 nitrogen and oxygen atoms in total. The van der Waals surface area contributed by atoms with Crippen molar-refractivity contribution in [3.05, 3.63) is 45.7 Å². The van der Waals surface area contributed by atoms with Crippen molar-refractivity contribution in [2.45, 2.75) is 0 Å². The number of aromatic nitrogens is 2. The number of ketones is 1. The second-order valence-electron chi connectivity index (χ2n) is 2.74. The van der Waals surface area contributed by atoms with Gasteiger partial charge in [-0.2, -0.15) is 0 Å². The Morgan fingerprint density at radius 2 is 2.27 bits per heavy atom. The van der Waals surface area contributed by atoms with Crippen molar-refractivity contribution in [3.8, 4) is 0 Å². The predicted octanol–water partition coefficient (Wildman–Crippen LogP) is 2.56. The summed E-state index contributed by atoms with van der Waals surface area (Å²) in [4.78, 5) is 11.7. The van der Waals surface area contributed by atoms with Crippen LogP contribution >= 0.6 is 23.1 Å². The molecule has 0 radical (unpaired) electrons. The van der Waals surface area contributed by atoms with Crippen molar-refractivity contribution in [2.24, 2.45) is 0 Å². The van der Waals surface area contributed by atoms with Crippen LogP contribution in [0.4, 0.5) is 4.39 Å². The summed E-state index contributed by atoms with van der Waals surface area (Å²) in [6, 6.07) is 3.88. The SMILES string of the molecule is O=C(c1csnn1)c1ccc(Cl)cc1F. The number of carbonyl (C=O) groups excluding carboxylic acids is 1. The van der Waals surface area contributed by atoms with E-state index in [4.69, 9.17) is 11.6 Å². The molecular weight excluding hydrogens is 239 g/mol. The maximum Gasteiger partial charge on any atom is 0.217 e. The fourth-order valence-corrected chi connectivity index (χ4v) is 1.67. The Hall–Kier alpha value is -1.33. The van der Waals surface area contributed by atoms with Gasteiger partial charge in [-0.3, -0.25) is 4.79 Å². The molecular formula is C9H4ClFN2OS. The third-order valence-electron chi connectivity index (χ3n) is 1.77. The molecule has 76 valence electrons. The van der Waals surface area contributed by atoms with E-state index in [9.17, 15) is 9.18 Å². The Morgan fingerprint density at radius 1 is 1.47 bits per heavy atom. The summed E-state index contributed by atoms with van der Waals surface area (Å²) < 4.78 is 16.9. The van der Waals surface area contributed by atoms with E-state index < -0.39 is 11.6 Å². The van der Waals surface area contributed by atoms with Crippen molar-refractivity contribution >= 4 is 28.9 Å². The zero-order valence-electron chi connectivity index (χ0n) is 7.28. The lowest BCUT2D eigenvalue weighted by Gasteiger charge is -1.99. The van der Waals surface area contributed by atoms with Crippen molar-refractivity contribution < 1.29 is 9.18 Å². The van der Waals surface area contributed by atoms with Gasteiger partial charge in [-0.15, -0.1) is 5.10 Å². The maximum absolute atomic E-state index is 13.3. The minimum absolute atomic E-state index is 0.0490. The van der Waals surface area contributed by atoms with Crippen LogP contribution in [0.2, 0.25) is 5.02 Å². The normalized spacial score (nSPS) is 10.3. The van der Waals surface area contributed by atoms with Crippen LogP contribution in [0, 0.1) is 5.82 Å². The fourth-order valence-electron chi connectivity index (χ4n) is 1.08. The van der Waals surface area contributed by atoms with Gasteiger partial charge in [-0.1, -0.05) is 16.1 Å². The molecule has 6 heteroatoms. The predicted molar refractivity (Wildman–Crippen MR) is 54.8 cm³/mol. The van der Waals surface area contributed by atoms with Gasteiger partial charge < -0.3 is 0 Å². The highest BCUT2D eigenvalue weighted by Crippen LogP contribution is 2.17. The van der Waals surface area contributed by atoms with E-state index in [1.165, 1.54) is 17.5 Å². The Balaban J connectivity index is 2.42. The second kappa shape index (κ2) is 4.04. The molecule has 2 rings (SSSR count). The van der Waals surface area contributed by atoms with E-state index >= 15 is 0 Å². The molecule has 0 saturated carbocycles. The molecule has 1 heterocycles.